The number of aromatic nitrogens is 2. The van der Waals surface area contributed by atoms with Crippen LogP contribution in [0.1, 0.15) is 51.3 Å². The van der Waals surface area contributed by atoms with Gasteiger partial charge in [-0.2, -0.15) is 0 Å². The number of rotatable bonds is 6. The van der Waals surface area contributed by atoms with Crippen molar-refractivity contribution in [2.75, 3.05) is 0 Å². The highest BCUT2D eigenvalue weighted by molar-refractivity contribution is 4.98. The maximum atomic E-state index is 5.63. The summed E-state index contributed by atoms with van der Waals surface area (Å²) in [4.78, 5) is 4.13. The van der Waals surface area contributed by atoms with Gasteiger partial charge in [-0.15, -0.1) is 0 Å². The molecule has 0 fully saturated rings. The predicted octanol–water partition coefficient (Wildman–Crippen LogP) is 2.48. The Bertz CT molecular complexity index is 255. The largest absolute Gasteiger partial charge is 0.331 e. The lowest BCUT2D eigenvalue weighted by Crippen LogP contribution is -2.10. The lowest BCUT2D eigenvalue weighted by molar-refractivity contribution is 0.465. The standard InChI is InChI=1S/C11H21N3/c1-3-4-5-6-10(2)14-9-13-8-11(14)7-12/h8-10H,3-7,12H2,1-2H3. The highest BCUT2D eigenvalue weighted by Gasteiger charge is 2.07. The molecule has 1 heterocycles. The molecule has 0 aliphatic heterocycles. The lowest BCUT2D eigenvalue weighted by atomic mass is 10.1. The molecule has 0 aromatic carbocycles. The number of unbranched alkanes of at least 4 members (excludes halogenated alkanes) is 2. The van der Waals surface area contributed by atoms with Crippen LogP contribution < -0.4 is 5.73 Å². The zero-order chi connectivity index (χ0) is 10.4. The third kappa shape index (κ3) is 2.84. The van der Waals surface area contributed by atoms with Gasteiger partial charge in [-0.05, 0) is 13.3 Å². The number of nitrogens with two attached hydrogens (primary N) is 1. The highest BCUT2D eigenvalue weighted by Crippen LogP contribution is 2.16. The van der Waals surface area contributed by atoms with Crippen molar-refractivity contribution in [3.63, 3.8) is 0 Å². The van der Waals surface area contributed by atoms with E-state index in [1.54, 1.807) is 0 Å². The van der Waals surface area contributed by atoms with Crippen molar-refractivity contribution >= 4 is 0 Å². The molecule has 0 spiro atoms. The predicted molar refractivity (Wildman–Crippen MR) is 59.0 cm³/mol. The van der Waals surface area contributed by atoms with Gasteiger partial charge in [-0.3, -0.25) is 0 Å². The van der Waals surface area contributed by atoms with Crippen molar-refractivity contribution in [3.05, 3.63) is 18.2 Å². The van der Waals surface area contributed by atoms with E-state index in [0.717, 1.165) is 5.69 Å². The van der Waals surface area contributed by atoms with Crippen LogP contribution in [-0.2, 0) is 6.54 Å². The van der Waals surface area contributed by atoms with Gasteiger partial charge < -0.3 is 10.3 Å². The second-order valence-electron chi connectivity index (χ2n) is 3.84. The molecule has 1 unspecified atom stereocenters. The van der Waals surface area contributed by atoms with Gasteiger partial charge in [0, 0.05) is 18.8 Å². The summed E-state index contributed by atoms with van der Waals surface area (Å²) in [6, 6.07) is 0.530. The van der Waals surface area contributed by atoms with Crippen LogP contribution in [-0.4, -0.2) is 9.55 Å². The molecule has 3 nitrogen and oxygen atoms in total. The van der Waals surface area contributed by atoms with Crippen molar-refractivity contribution in [2.24, 2.45) is 5.73 Å². The molecule has 0 bridgehead atoms. The summed E-state index contributed by atoms with van der Waals surface area (Å²) in [6.07, 6.45) is 8.85. The Balaban J connectivity index is 2.47. The highest BCUT2D eigenvalue weighted by atomic mass is 15.1. The van der Waals surface area contributed by atoms with Gasteiger partial charge in [0.1, 0.15) is 0 Å². The van der Waals surface area contributed by atoms with Crippen LogP contribution in [0, 0.1) is 0 Å². The summed E-state index contributed by atoms with van der Waals surface area (Å²) < 4.78 is 2.19. The van der Waals surface area contributed by atoms with Crippen molar-refractivity contribution in [2.45, 2.75) is 52.1 Å². The maximum Gasteiger partial charge on any atom is 0.0951 e. The molecule has 1 rings (SSSR count). The van der Waals surface area contributed by atoms with Crippen LogP contribution in [0.25, 0.3) is 0 Å². The molecule has 0 amide bonds. The summed E-state index contributed by atoms with van der Waals surface area (Å²) in [6.45, 7) is 5.04. The minimum atomic E-state index is 0.530. The molecule has 3 heteroatoms. The number of nitrogens with zero attached hydrogens (tertiary/aromatic N) is 2. The Labute approximate surface area is 86.3 Å². The molecule has 1 aromatic rings. The molecule has 0 radical (unpaired) electrons. The summed E-state index contributed by atoms with van der Waals surface area (Å²) >= 11 is 0. The Hall–Kier alpha value is -0.830. The third-order valence-corrected chi connectivity index (χ3v) is 2.66. The zero-order valence-corrected chi connectivity index (χ0v) is 9.24. The van der Waals surface area contributed by atoms with Gasteiger partial charge >= 0.3 is 0 Å². The molecule has 0 saturated heterocycles. The summed E-state index contributed by atoms with van der Waals surface area (Å²) in [7, 11) is 0. The van der Waals surface area contributed by atoms with Gasteiger partial charge in [0.05, 0.1) is 12.0 Å². The monoisotopic (exact) mass is 195 g/mol. The average molecular weight is 195 g/mol. The van der Waals surface area contributed by atoms with Crippen molar-refractivity contribution in [1.82, 2.24) is 9.55 Å². The SMILES string of the molecule is CCCCCC(C)n1cncc1CN. The van der Waals surface area contributed by atoms with E-state index in [1.165, 1.54) is 25.7 Å². The number of imidazole rings is 1. The second kappa shape index (κ2) is 5.81. The van der Waals surface area contributed by atoms with Crippen LogP contribution in [0.2, 0.25) is 0 Å². The molecular formula is C11H21N3. The van der Waals surface area contributed by atoms with E-state index in [9.17, 15) is 0 Å². The van der Waals surface area contributed by atoms with E-state index in [1.807, 2.05) is 12.5 Å². The first kappa shape index (κ1) is 11.2. The first-order valence-electron chi connectivity index (χ1n) is 5.50. The fourth-order valence-electron chi connectivity index (χ4n) is 1.72. The Morgan fingerprint density at radius 2 is 2.29 bits per heavy atom. The Morgan fingerprint density at radius 3 is 2.93 bits per heavy atom. The van der Waals surface area contributed by atoms with E-state index >= 15 is 0 Å². The van der Waals surface area contributed by atoms with Gasteiger partial charge in [0.2, 0.25) is 0 Å². The molecule has 1 atom stereocenters. The van der Waals surface area contributed by atoms with Crippen molar-refractivity contribution in [1.29, 1.82) is 0 Å². The van der Waals surface area contributed by atoms with Crippen LogP contribution in [0.5, 0.6) is 0 Å². The topological polar surface area (TPSA) is 43.8 Å². The van der Waals surface area contributed by atoms with Crippen LogP contribution in [0.4, 0.5) is 0 Å². The molecule has 1 aromatic heterocycles. The Kier molecular flexibility index (Phi) is 4.66. The zero-order valence-electron chi connectivity index (χ0n) is 9.24. The lowest BCUT2D eigenvalue weighted by Gasteiger charge is -2.15. The van der Waals surface area contributed by atoms with Crippen LogP contribution >= 0.6 is 0 Å². The first-order chi connectivity index (χ1) is 6.79. The molecule has 80 valence electrons. The van der Waals surface area contributed by atoms with E-state index < -0.39 is 0 Å². The summed E-state index contributed by atoms with van der Waals surface area (Å²) in [5.41, 5.74) is 6.76. The number of hydrogen-bond acceptors (Lipinski definition) is 2. The summed E-state index contributed by atoms with van der Waals surface area (Å²) in [5, 5.41) is 0. The number of hydrogen-bond donors (Lipinski definition) is 1. The molecule has 2 N–H and O–H groups in total. The fraction of sp³-hybridized carbons (Fsp3) is 0.727. The minimum absolute atomic E-state index is 0.530. The minimum Gasteiger partial charge on any atom is -0.331 e. The quantitative estimate of drug-likeness (QED) is 0.709. The van der Waals surface area contributed by atoms with Gasteiger partial charge in [0.15, 0.2) is 0 Å². The van der Waals surface area contributed by atoms with E-state index in [4.69, 9.17) is 5.73 Å². The second-order valence-corrected chi connectivity index (χ2v) is 3.84. The van der Waals surface area contributed by atoms with Crippen molar-refractivity contribution < 1.29 is 0 Å². The normalized spacial score (nSPS) is 13.1. The molecule has 0 saturated carbocycles. The molecule has 14 heavy (non-hydrogen) atoms. The van der Waals surface area contributed by atoms with Gasteiger partial charge in [0.25, 0.3) is 0 Å². The van der Waals surface area contributed by atoms with E-state index in [0.29, 0.717) is 12.6 Å². The molecular weight excluding hydrogens is 174 g/mol. The smallest absolute Gasteiger partial charge is 0.0951 e. The Morgan fingerprint density at radius 1 is 1.50 bits per heavy atom. The van der Waals surface area contributed by atoms with E-state index in [2.05, 4.69) is 23.4 Å². The fourth-order valence-corrected chi connectivity index (χ4v) is 1.72. The van der Waals surface area contributed by atoms with E-state index in [-0.39, 0.29) is 0 Å². The summed E-state index contributed by atoms with van der Waals surface area (Å²) in [5.74, 6) is 0. The molecule has 0 aliphatic carbocycles. The first-order valence-corrected chi connectivity index (χ1v) is 5.50. The van der Waals surface area contributed by atoms with Crippen LogP contribution in [0.15, 0.2) is 12.5 Å². The van der Waals surface area contributed by atoms with Crippen molar-refractivity contribution in [3.8, 4) is 0 Å². The third-order valence-electron chi connectivity index (χ3n) is 2.66. The molecule has 0 aliphatic rings. The maximum absolute atomic E-state index is 5.63. The van der Waals surface area contributed by atoms with Crippen LogP contribution in [0.3, 0.4) is 0 Å². The van der Waals surface area contributed by atoms with Gasteiger partial charge in [-0.1, -0.05) is 26.2 Å². The average Bonchev–Trinajstić information content (AvgIpc) is 2.65. The van der Waals surface area contributed by atoms with Gasteiger partial charge in [-0.25, -0.2) is 4.98 Å².